The van der Waals surface area contributed by atoms with E-state index in [0.717, 1.165) is 19.3 Å². The van der Waals surface area contributed by atoms with Gasteiger partial charge in [0, 0.05) is 10.6 Å². The summed E-state index contributed by atoms with van der Waals surface area (Å²) >= 11 is 5.84. The van der Waals surface area contributed by atoms with E-state index in [1.165, 1.54) is 18.2 Å². The summed E-state index contributed by atoms with van der Waals surface area (Å²) in [6.45, 7) is 0. The zero-order valence-corrected chi connectivity index (χ0v) is 10.1. The Morgan fingerprint density at radius 1 is 1.29 bits per heavy atom. The van der Waals surface area contributed by atoms with E-state index in [1.807, 2.05) is 0 Å². The predicted molar refractivity (Wildman–Crippen MR) is 63.8 cm³/mol. The van der Waals surface area contributed by atoms with Gasteiger partial charge in [0.2, 0.25) is 0 Å². The average molecular weight is 257 g/mol. The van der Waals surface area contributed by atoms with E-state index >= 15 is 0 Å². The number of benzene rings is 1. The third kappa shape index (κ3) is 2.16. The van der Waals surface area contributed by atoms with Crippen LogP contribution >= 0.6 is 11.6 Å². The van der Waals surface area contributed by atoms with Gasteiger partial charge in [-0.25, -0.2) is 4.39 Å². The molecule has 1 N–H and O–H groups in total. The van der Waals surface area contributed by atoms with E-state index < -0.39 is 17.2 Å². The third-order valence-corrected chi connectivity index (χ3v) is 3.80. The van der Waals surface area contributed by atoms with Gasteiger partial charge >= 0.3 is 5.97 Å². The third-order valence-electron chi connectivity index (χ3n) is 3.56. The van der Waals surface area contributed by atoms with Gasteiger partial charge in [-0.1, -0.05) is 30.9 Å². The van der Waals surface area contributed by atoms with Gasteiger partial charge in [0.25, 0.3) is 0 Å². The maximum atomic E-state index is 13.8. The molecule has 0 radical (unpaired) electrons. The second-order valence-electron chi connectivity index (χ2n) is 4.57. The topological polar surface area (TPSA) is 37.3 Å². The second kappa shape index (κ2) is 4.65. The molecule has 1 saturated carbocycles. The van der Waals surface area contributed by atoms with E-state index in [2.05, 4.69) is 0 Å². The van der Waals surface area contributed by atoms with Crippen LogP contribution in [0.25, 0.3) is 0 Å². The fourth-order valence-electron chi connectivity index (χ4n) is 2.62. The lowest BCUT2D eigenvalue weighted by molar-refractivity contribution is -0.145. The monoisotopic (exact) mass is 256 g/mol. The van der Waals surface area contributed by atoms with Gasteiger partial charge in [0.1, 0.15) is 5.82 Å². The molecule has 1 aliphatic carbocycles. The fraction of sp³-hybridized carbons (Fsp3) is 0.462. The molecule has 2 nitrogen and oxygen atoms in total. The van der Waals surface area contributed by atoms with Crippen molar-refractivity contribution >= 4 is 17.6 Å². The predicted octanol–water partition coefficient (Wildman–Crippen LogP) is 3.77. The molecular formula is C13H14ClFO2. The molecule has 92 valence electrons. The molecule has 0 amide bonds. The van der Waals surface area contributed by atoms with Gasteiger partial charge < -0.3 is 5.11 Å². The van der Waals surface area contributed by atoms with Crippen molar-refractivity contribution in [2.45, 2.75) is 37.5 Å². The molecule has 1 aliphatic rings. The Bertz CT molecular complexity index is 439. The molecule has 0 unspecified atom stereocenters. The Morgan fingerprint density at radius 2 is 1.94 bits per heavy atom. The van der Waals surface area contributed by atoms with Crippen LogP contribution in [-0.4, -0.2) is 11.1 Å². The van der Waals surface area contributed by atoms with Crippen LogP contribution in [0, 0.1) is 5.82 Å². The zero-order valence-electron chi connectivity index (χ0n) is 9.38. The highest BCUT2D eigenvalue weighted by atomic mass is 35.5. The van der Waals surface area contributed by atoms with Crippen LogP contribution in [0.5, 0.6) is 0 Å². The lowest BCUT2D eigenvalue weighted by Gasteiger charge is -2.33. The van der Waals surface area contributed by atoms with Crippen LogP contribution in [0.15, 0.2) is 18.2 Å². The molecular weight excluding hydrogens is 243 g/mol. The molecule has 0 bridgehead atoms. The first-order chi connectivity index (χ1) is 8.06. The first-order valence-corrected chi connectivity index (χ1v) is 6.13. The van der Waals surface area contributed by atoms with Crippen LogP contribution in [0.3, 0.4) is 0 Å². The molecule has 0 heterocycles. The van der Waals surface area contributed by atoms with E-state index in [9.17, 15) is 14.3 Å². The molecule has 1 aromatic rings. The highest BCUT2D eigenvalue weighted by molar-refractivity contribution is 6.30. The Balaban J connectivity index is 2.52. The van der Waals surface area contributed by atoms with E-state index in [4.69, 9.17) is 11.6 Å². The maximum absolute atomic E-state index is 13.8. The summed E-state index contributed by atoms with van der Waals surface area (Å²) in [6, 6.07) is 4.14. The molecule has 0 saturated heterocycles. The van der Waals surface area contributed by atoms with Gasteiger partial charge in [-0.3, -0.25) is 4.79 Å². The van der Waals surface area contributed by atoms with Crippen LogP contribution in [0.1, 0.15) is 37.7 Å². The summed E-state index contributed by atoms with van der Waals surface area (Å²) in [5.41, 5.74) is -0.857. The van der Waals surface area contributed by atoms with Crippen LogP contribution in [-0.2, 0) is 10.2 Å². The number of hydrogen-bond acceptors (Lipinski definition) is 1. The van der Waals surface area contributed by atoms with Crippen LogP contribution < -0.4 is 0 Å². The minimum atomic E-state index is -1.09. The molecule has 17 heavy (non-hydrogen) atoms. The molecule has 0 aromatic heterocycles. The number of aliphatic carboxylic acids is 1. The Kier molecular flexibility index (Phi) is 3.38. The standard InChI is InChI=1S/C13H14ClFO2/c14-9-4-5-11(15)10(8-9)13(12(16)17)6-2-1-3-7-13/h4-5,8H,1-3,6-7H2,(H,16,17). The molecule has 0 spiro atoms. The van der Waals surface area contributed by atoms with E-state index in [-0.39, 0.29) is 5.56 Å². The van der Waals surface area contributed by atoms with E-state index in [0.29, 0.717) is 17.9 Å². The lowest BCUT2D eigenvalue weighted by Crippen LogP contribution is -2.38. The molecule has 2 rings (SSSR count). The number of hydrogen-bond donors (Lipinski definition) is 1. The summed E-state index contributed by atoms with van der Waals surface area (Å²) in [5, 5.41) is 9.83. The van der Waals surface area contributed by atoms with Gasteiger partial charge in [-0.05, 0) is 31.0 Å². The van der Waals surface area contributed by atoms with Crippen molar-refractivity contribution in [1.29, 1.82) is 0 Å². The SMILES string of the molecule is O=C(O)C1(c2cc(Cl)ccc2F)CCCCC1. The first-order valence-electron chi connectivity index (χ1n) is 5.75. The van der Waals surface area contributed by atoms with Gasteiger partial charge in [0.05, 0.1) is 5.41 Å². The van der Waals surface area contributed by atoms with Crippen LogP contribution in [0.4, 0.5) is 4.39 Å². The van der Waals surface area contributed by atoms with Crippen molar-refractivity contribution in [1.82, 2.24) is 0 Å². The Morgan fingerprint density at radius 3 is 2.53 bits per heavy atom. The summed E-state index contributed by atoms with van der Waals surface area (Å²) in [5.74, 6) is -1.42. The van der Waals surface area contributed by atoms with Crippen molar-refractivity contribution in [2.24, 2.45) is 0 Å². The summed E-state index contributed by atoms with van der Waals surface area (Å²) in [4.78, 5) is 11.5. The van der Waals surface area contributed by atoms with Crippen molar-refractivity contribution < 1.29 is 14.3 Å². The number of carbonyl (C=O) groups is 1. The van der Waals surface area contributed by atoms with Crippen molar-refractivity contribution in [3.05, 3.63) is 34.6 Å². The summed E-state index contributed by atoms with van der Waals surface area (Å²) in [6.07, 6.45) is 3.62. The molecule has 0 aliphatic heterocycles. The zero-order chi connectivity index (χ0) is 12.5. The quantitative estimate of drug-likeness (QED) is 0.875. The molecule has 4 heteroatoms. The minimum absolute atomic E-state index is 0.234. The van der Waals surface area contributed by atoms with Gasteiger partial charge in [0.15, 0.2) is 0 Å². The highest BCUT2D eigenvalue weighted by Crippen LogP contribution is 2.41. The van der Waals surface area contributed by atoms with Gasteiger partial charge in [-0.2, -0.15) is 0 Å². The average Bonchev–Trinajstić information content (AvgIpc) is 2.33. The largest absolute Gasteiger partial charge is 0.481 e. The number of carboxylic acids is 1. The minimum Gasteiger partial charge on any atom is -0.481 e. The highest BCUT2D eigenvalue weighted by Gasteiger charge is 2.43. The number of halogens is 2. The Labute approximate surface area is 104 Å². The summed E-state index contributed by atoms with van der Waals surface area (Å²) in [7, 11) is 0. The van der Waals surface area contributed by atoms with Gasteiger partial charge in [-0.15, -0.1) is 0 Å². The van der Waals surface area contributed by atoms with Crippen molar-refractivity contribution in [2.75, 3.05) is 0 Å². The second-order valence-corrected chi connectivity index (χ2v) is 5.01. The molecule has 1 fully saturated rings. The fourth-order valence-corrected chi connectivity index (χ4v) is 2.79. The number of rotatable bonds is 2. The summed E-state index contributed by atoms with van der Waals surface area (Å²) < 4.78 is 13.8. The van der Waals surface area contributed by atoms with E-state index in [1.54, 1.807) is 0 Å². The Hall–Kier alpha value is -1.09. The maximum Gasteiger partial charge on any atom is 0.314 e. The van der Waals surface area contributed by atoms with Crippen molar-refractivity contribution in [3.63, 3.8) is 0 Å². The normalized spacial score (nSPS) is 18.9. The lowest BCUT2D eigenvalue weighted by atomic mass is 9.69. The number of carboxylic acid groups (broad SMARTS) is 1. The molecule has 1 aromatic carbocycles. The molecule has 0 atom stereocenters. The van der Waals surface area contributed by atoms with Crippen molar-refractivity contribution in [3.8, 4) is 0 Å². The van der Waals surface area contributed by atoms with Crippen LogP contribution in [0.2, 0.25) is 5.02 Å². The smallest absolute Gasteiger partial charge is 0.314 e. The first kappa shape index (κ1) is 12.4.